The molecule has 0 radical (unpaired) electrons. The summed E-state index contributed by atoms with van der Waals surface area (Å²) in [6, 6.07) is 10.9. The van der Waals surface area contributed by atoms with Crippen molar-refractivity contribution in [3.8, 4) is 0 Å². The molecule has 100 valence electrons. The highest BCUT2D eigenvalue weighted by Gasteiger charge is 2.12. The first-order valence-corrected chi connectivity index (χ1v) is 7.52. The van der Waals surface area contributed by atoms with Crippen LogP contribution in [-0.2, 0) is 0 Å². The molecule has 3 heteroatoms. The molecule has 2 nitrogen and oxygen atoms in total. The average Bonchev–Trinajstić information content (AvgIpc) is 2.30. The molecule has 1 unspecified atom stereocenters. The van der Waals surface area contributed by atoms with Crippen LogP contribution < -0.4 is 5.32 Å². The molecule has 1 aromatic carbocycles. The summed E-state index contributed by atoms with van der Waals surface area (Å²) in [4.78, 5) is 4.57. The van der Waals surface area contributed by atoms with Crippen LogP contribution in [0.25, 0.3) is 0 Å². The monoisotopic (exact) mass is 366 g/mol. The highest BCUT2D eigenvalue weighted by atomic mass is 127. The third-order valence-electron chi connectivity index (χ3n) is 3.24. The van der Waals surface area contributed by atoms with Gasteiger partial charge in [0.1, 0.15) is 0 Å². The zero-order valence-corrected chi connectivity index (χ0v) is 13.9. The van der Waals surface area contributed by atoms with Crippen molar-refractivity contribution in [3.05, 3.63) is 56.4 Å². The number of hydrogen-bond acceptors (Lipinski definition) is 2. The summed E-state index contributed by atoms with van der Waals surface area (Å²) in [6.07, 6.45) is 0. The number of pyridine rings is 1. The lowest BCUT2D eigenvalue weighted by Gasteiger charge is -2.20. The van der Waals surface area contributed by atoms with Crippen molar-refractivity contribution in [2.45, 2.75) is 33.7 Å². The van der Waals surface area contributed by atoms with Crippen molar-refractivity contribution in [2.75, 3.05) is 5.32 Å². The predicted molar refractivity (Wildman–Crippen MR) is 89.6 cm³/mol. The van der Waals surface area contributed by atoms with Gasteiger partial charge < -0.3 is 5.32 Å². The average molecular weight is 366 g/mol. The number of nitrogens with one attached hydrogen (secondary N) is 1. The van der Waals surface area contributed by atoms with Crippen LogP contribution in [-0.4, -0.2) is 4.98 Å². The molecule has 1 atom stereocenters. The molecular formula is C16H19IN2. The Kier molecular flexibility index (Phi) is 4.45. The molecule has 2 aromatic rings. The van der Waals surface area contributed by atoms with E-state index in [1.807, 2.05) is 6.92 Å². The third kappa shape index (κ3) is 3.47. The smallest absolute Gasteiger partial charge is 0.0506 e. The molecule has 1 aromatic heterocycles. The Labute approximate surface area is 128 Å². The van der Waals surface area contributed by atoms with E-state index in [-0.39, 0.29) is 6.04 Å². The first-order chi connectivity index (χ1) is 8.97. The van der Waals surface area contributed by atoms with E-state index in [1.54, 1.807) is 0 Å². The molecule has 0 spiro atoms. The van der Waals surface area contributed by atoms with Gasteiger partial charge >= 0.3 is 0 Å². The summed E-state index contributed by atoms with van der Waals surface area (Å²) in [7, 11) is 0. The molecule has 2 rings (SSSR count). The summed E-state index contributed by atoms with van der Waals surface area (Å²) < 4.78 is 1.25. The maximum atomic E-state index is 4.57. The van der Waals surface area contributed by atoms with Crippen LogP contribution in [0.15, 0.2) is 30.3 Å². The van der Waals surface area contributed by atoms with Crippen LogP contribution >= 0.6 is 22.6 Å². The van der Waals surface area contributed by atoms with E-state index in [4.69, 9.17) is 0 Å². The zero-order valence-electron chi connectivity index (χ0n) is 11.8. The fraction of sp³-hybridized carbons (Fsp3) is 0.312. The summed E-state index contributed by atoms with van der Waals surface area (Å²) in [5.41, 5.74) is 5.94. The van der Waals surface area contributed by atoms with Crippen LogP contribution in [0.4, 0.5) is 5.69 Å². The highest BCUT2D eigenvalue weighted by Crippen LogP contribution is 2.25. The minimum atomic E-state index is 0.258. The minimum absolute atomic E-state index is 0.258. The van der Waals surface area contributed by atoms with Crippen molar-refractivity contribution < 1.29 is 0 Å². The van der Waals surface area contributed by atoms with E-state index >= 15 is 0 Å². The topological polar surface area (TPSA) is 24.9 Å². The molecule has 0 saturated carbocycles. The maximum absolute atomic E-state index is 4.57. The predicted octanol–water partition coefficient (Wildman–Crippen LogP) is 4.78. The normalized spacial score (nSPS) is 12.3. The van der Waals surface area contributed by atoms with Gasteiger partial charge in [-0.2, -0.15) is 0 Å². The van der Waals surface area contributed by atoms with Gasteiger partial charge in [0.15, 0.2) is 0 Å². The molecule has 0 aliphatic carbocycles. The van der Waals surface area contributed by atoms with Crippen molar-refractivity contribution in [3.63, 3.8) is 0 Å². The number of aryl methyl sites for hydroxylation is 3. The first-order valence-electron chi connectivity index (χ1n) is 6.44. The van der Waals surface area contributed by atoms with Gasteiger partial charge in [0.05, 0.1) is 6.04 Å². The Morgan fingerprint density at radius 3 is 2.32 bits per heavy atom. The summed E-state index contributed by atoms with van der Waals surface area (Å²) in [5.74, 6) is 0. The van der Waals surface area contributed by atoms with E-state index in [1.165, 1.54) is 14.7 Å². The second-order valence-corrected chi connectivity index (χ2v) is 6.20. The van der Waals surface area contributed by atoms with Crippen molar-refractivity contribution >= 4 is 28.3 Å². The van der Waals surface area contributed by atoms with Crippen molar-refractivity contribution in [1.82, 2.24) is 4.98 Å². The van der Waals surface area contributed by atoms with Crippen molar-refractivity contribution in [2.24, 2.45) is 0 Å². The molecule has 0 fully saturated rings. The maximum Gasteiger partial charge on any atom is 0.0506 e. The van der Waals surface area contributed by atoms with Gasteiger partial charge in [-0.05, 0) is 91.7 Å². The van der Waals surface area contributed by atoms with E-state index in [0.29, 0.717) is 0 Å². The summed E-state index contributed by atoms with van der Waals surface area (Å²) in [5, 5.41) is 3.54. The lowest BCUT2D eigenvalue weighted by molar-refractivity contribution is 0.843. The molecule has 0 saturated heterocycles. The molecule has 19 heavy (non-hydrogen) atoms. The largest absolute Gasteiger partial charge is 0.378 e. The number of nitrogens with zero attached hydrogens (tertiary/aromatic N) is 1. The first kappa shape index (κ1) is 14.3. The lowest BCUT2D eigenvalue weighted by Crippen LogP contribution is -2.11. The summed E-state index contributed by atoms with van der Waals surface area (Å²) in [6.45, 7) is 8.47. The zero-order chi connectivity index (χ0) is 14.0. The minimum Gasteiger partial charge on any atom is -0.378 e. The second-order valence-electron chi connectivity index (χ2n) is 4.95. The van der Waals surface area contributed by atoms with Crippen molar-refractivity contribution in [1.29, 1.82) is 0 Å². The van der Waals surface area contributed by atoms with Gasteiger partial charge in [-0.15, -0.1) is 0 Å². The highest BCUT2D eigenvalue weighted by molar-refractivity contribution is 14.1. The summed E-state index contributed by atoms with van der Waals surface area (Å²) >= 11 is 2.32. The number of benzene rings is 1. The van der Waals surface area contributed by atoms with Crippen LogP contribution in [0, 0.1) is 24.3 Å². The Hall–Kier alpha value is -1.10. The Morgan fingerprint density at radius 2 is 1.74 bits per heavy atom. The third-order valence-corrected chi connectivity index (χ3v) is 3.96. The Bertz CT molecular complexity index is 553. The number of aromatic nitrogens is 1. The molecule has 0 amide bonds. The number of rotatable bonds is 3. The van der Waals surface area contributed by atoms with Crippen LogP contribution in [0.5, 0.6) is 0 Å². The van der Waals surface area contributed by atoms with Gasteiger partial charge in [-0.3, -0.25) is 4.98 Å². The van der Waals surface area contributed by atoms with Gasteiger partial charge in [0.2, 0.25) is 0 Å². The van der Waals surface area contributed by atoms with E-state index in [0.717, 1.165) is 17.1 Å². The standard InChI is InChI=1S/C16H19IN2/c1-10-9-11(2)18-12(3)16(10)13(4)19-15-7-5-14(17)6-8-15/h5-9,13,19H,1-4H3. The number of halogens is 1. The lowest BCUT2D eigenvalue weighted by atomic mass is 10.00. The van der Waals surface area contributed by atoms with Crippen LogP contribution in [0.1, 0.15) is 35.5 Å². The molecule has 1 N–H and O–H groups in total. The van der Waals surface area contributed by atoms with E-state index in [2.05, 4.69) is 84.0 Å². The molecule has 1 heterocycles. The quantitative estimate of drug-likeness (QED) is 0.791. The Balaban J connectivity index is 2.25. The molecule has 0 aliphatic heterocycles. The van der Waals surface area contributed by atoms with Gasteiger partial charge in [-0.1, -0.05) is 0 Å². The Morgan fingerprint density at radius 1 is 1.11 bits per heavy atom. The number of anilines is 1. The molecule has 0 bridgehead atoms. The van der Waals surface area contributed by atoms with Gasteiger partial charge in [0.25, 0.3) is 0 Å². The van der Waals surface area contributed by atoms with Crippen LogP contribution in [0.2, 0.25) is 0 Å². The fourth-order valence-corrected chi connectivity index (χ4v) is 2.92. The SMILES string of the molecule is Cc1cc(C)c(C(C)Nc2ccc(I)cc2)c(C)n1. The van der Waals surface area contributed by atoms with E-state index in [9.17, 15) is 0 Å². The van der Waals surface area contributed by atoms with Crippen LogP contribution in [0.3, 0.4) is 0 Å². The molecular weight excluding hydrogens is 347 g/mol. The molecule has 0 aliphatic rings. The fourth-order valence-electron chi connectivity index (χ4n) is 2.56. The van der Waals surface area contributed by atoms with E-state index < -0.39 is 0 Å². The number of hydrogen-bond donors (Lipinski definition) is 1. The second kappa shape index (κ2) is 5.90. The van der Waals surface area contributed by atoms with Gasteiger partial charge in [0, 0.05) is 20.6 Å². The van der Waals surface area contributed by atoms with Gasteiger partial charge in [-0.25, -0.2) is 0 Å².